The summed E-state index contributed by atoms with van der Waals surface area (Å²) in [5.74, 6) is 0.544. The molecule has 1 heterocycles. The van der Waals surface area contributed by atoms with E-state index in [0.29, 0.717) is 5.96 Å². The summed E-state index contributed by atoms with van der Waals surface area (Å²) in [4.78, 5) is 9.39. The number of guanidine groups is 1. The van der Waals surface area contributed by atoms with E-state index < -0.39 is 0 Å². The first kappa shape index (κ1) is 21.4. The first-order valence-corrected chi connectivity index (χ1v) is 9.70. The van der Waals surface area contributed by atoms with Crippen LogP contribution >= 0.6 is 24.0 Å². The predicted octanol–water partition coefficient (Wildman–Crippen LogP) is 2.94. The van der Waals surface area contributed by atoms with Crippen molar-refractivity contribution >= 4 is 35.6 Å². The van der Waals surface area contributed by atoms with Gasteiger partial charge in [-0.3, -0.25) is 4.99 Å². The Bertz CT molecular complexity index is 594. The number of nitrogens with two attached hydrogens (primary N) is 1. The summed E-state index contributed by atoms with van der Waals surface area (Å²) < 4.78 is 0. The summed E-state index contributed by atoms with van der Waals surface area (Å²) in [7, 11) is 4.36. The molecule has 3 N–H and O–H groups in total. The molecular formula is C20H34IN5. The van der Waals surface area contributed by atoms with E-state index in [2.05, 4.69) is 52.4 Å². The average Bonchev–Trinajstić information content (AvgIpc) is 2.62. The van der Waals surface area contributed by atoms with Gasteiger partial charge >= 0.3 is 0 Å². The molecule has 0 unspecified atom stereocenters. The molecule has 1 aromatic rings. The zero-order valence-electron chi connectivity index (χ0n) is 16.2. The number of nitrogens with one attached hydrogen (secondary N) is 1. The van der Waals surface area contributed by atoms with Crippen LogP contribution in [0, 0.1) is 0 Å². The molecule has 0 radical (unpaired) electrons. The number of fused-ring (bicyclic) bond motifs is 1. The molecule has 1 aliphatic heterocycles. The molecule has 0 bridgehead atoms. The van der Waals surface area contributed by atoms with Crippen LogP contribution in [0.1, 0.15) is 36.8 Å². The van der Waals surface area contributed by atoms with Crippen LogP contribution in [0.4, 0.5) is 5.69 Å². The highest BCUT2D eigenvalue weighted by Crippen LogP contribution is 2.27. The Morgan fingerprint density at radius 2 is 1.96 bits per heavy atom. The van der Waals surface area contributed by atoms with Crippen molar-refractivity contribution in [2.75, 3.05) is 45.6 Å². The maximum Gasteiger partial charge on any atom is 0.193 e. The summed E-state index contributed by atoms with van der Waals surface area (Å²) in [6.45, 7) is 4.09. The van der Waals surface area contributed by atoms with Crippen molar-refractivity contribution in [3.8, 4) is 0 Å². The third-order valence-electron chi connectivity index (χ3n) is 5.64. The van der Waals surface area contributed by atoms with E-state index >= 15 is 0 Å². The molecule has 2 aliphatic rings. The number of hydrogen-bond donors (Lipinski definition) is 2. The van der Waals surface area contributed by atoms with Crippen molar-refractivity contribution in [3.63, 3.8) is 0 Å². The Hall–Kier alpha value is -0.860. The third-order valence-corrected chi connectivity index (χ3v) is 5.64. The smallest absolute Gasteiger partial charge is 0.193 e. The Morgan fingerprint density at radius 3 is 2.69 bits per heavy atom. The Morgan fingerprint density at radius 1 is 1.23 bits per heavy atom. The molecule has 146 valence electrons. The molecule has 3 rings (SSSR count). The van der Waals surface area contributed by atoms with Gasteiger partial charge in [-0.05, 0) is 82.9 Å². The van der Waals surface area contributed by atoms with Crippen molar-refractivity contribution in [2.24, 2.45) is 10.7 Å². The molecule has 1 aliphatic carbocycles. The van der Waals surface area contributed by atoms with E-state index in [-0.39, 0.29) is 24.0 Å². The minimum absolute atomic E-state index is 0. The number of aryl methyl sites for hydroxylation is 1. The molecule has 0 atom stereocenters. The van der Waals surface area contributed by atoms with E-state index in [1.165, 1.54) is 43.2 Å². The molecule has 0 saturated carbocycles. The maximum absolute atomic E-state index is 6.13. The second kappa shape index (κ2) is 10.5. The van der Waals surface area contributed by atoms with E-state index in [9.17, 15) is 0 Å². The fourth-order valence-electron chi connectivity index (χ4n) is 4.05. The fourth-order valence-corrected chi connectivity index (χ4v) is 4.05. The first-order chi connectivity index (χ1) is 12.1. The number of halogens is 1. The van der Waals surface area contributed by atoms with Crippen LogP contribution in [-0.4, -0.2) is 62.1 Å². The lowest BCUT2D eigenvalue weighted by Crippen LogP contribution is -2.42. The second-order valence-corrected chi connectivity index (χ2v) is 7.58. The van der Waals surface area contributed by atoms with Gasteiger partial charge in [0.2, 0.25) is 0 Å². The largest absolute Gasteiger partial charge is 0.370 e. The van der Waals surface area contributed by atoms with Crippen molar-refractivity contribution in [1.82, 2.24) is 9.80 Å². The topological polar surface area (TPSA) is 56.9 Å². The first-order valence-electron chi connectivity index (χ1n) is 9.70. The van der Waals surface area contributed by atoms with Crippen LogP contribution in [0.5, 0.6) is 0 Å². The minimum Gasteiger partial charge on any atom is -0.370 e. The third kappa shape index (κ3) is 5.82. The van der Waals surface area contributed by atoms with Gasteiger partial charge in [0.15, 0.2) is 5.96 Å². The summed E-state index contributed by atoms with van der Waals surface area (Å²) in [5.41, 5.74) is 10.2. The monoisotopic (exact) mass is 471 g/mol. The normalized spacial score (nSPS) is 19.1. The zero-order chi connectivity index (χ0) is 17.6. The van der Waals surface area contributed by atoms with Gasteiger partial charge in [-0.2, -0.15) is 0 Å². The Balaban J connectivity index is 0.00000243. The summed E-state index contributed by atoms with van der Waals surface area (Å²) in [6.07, 6.45) is 7.40. The van der Waals surface area contributed by atoms with Crippen LogP contribution in [-0.2, 0) is 12.8 Å². The van der Waals surface area contributed by atoms with Crippen molar-refractivity contribution in [1.29, 1.82) is 0 Å². The number of nitrogens with zero attached hydrogens (tertiary/aromatic N) is 3. The lowest BCUT2D eigenvalue weighted by atomic mass is 9.90. The van der Waals surface area contributed by atoms with Crippen LogP contribution in [0.25, 0.3) is 0 Å². The molecule has 1 fully saturated rings. The summed E-state index contributed by atoms with van der Waals surface area (Å²) in [5, 5.41) is 3.33. The SMILES string of the molecule is CN(C)C1CCN(CCN=C(N)Nc2cccc3c2CCCC3)CC1.I. The number of anilines is 1. The molecule has 5 nitrogen and oxygen atoms in total. The van der Waals surface area contributed by atoms with Gasteiger partial charge in [-0.1, -0.05) is 12.1 Å². The maximum atomic E-state index is 6.13. The molecule has 1 saturated heterocycles. The quantitative estimate of drug-likeness (QED) is 0.394. The number of likely N-dealkylation sites (tertiary alicyclic amines) is 1. The molecule has 6 heteroatoms. The highest BCUT2D eigenvalue weighted by Gasteiger charge is 2.20. The van der Waals surface area contributed by atoms with Crippen molar-refractivity contribution in [2.45, 2.75) is 44.6 Å². The standard InChI is InChI=1S/C20H33N5.HI/c1-24(2)17-10-13-25(14-11-17)15-12-22-20(21)23-19-9-5-7-16-6-3-4-8-18(16)19;/h5,7,9,17H,3-4,6,8,10-15H2,1-2H3,(H3,21,22,23);1H. The number of benzene rings is 1. The van der Waals surface area contributed by atoms with Gasteiger partial charge in [0.1, 0.15) is 0 Å². The zero-order valence-corrected chi connectivity index (χ0v) is 18.5. The van der Waals surface area contributed by atoms with Gasteiger partial charge in [0, 0.05) is 18.3 Å². The van der Waals surface area contributed by atoms with Gasteiger partial charge in [-0.25, -0.2) is 0 Å². The predicted molar refractivity (Wildman–Crippen MR) is 122 cm³/mol. The lowest BCUT2D eigenvalue weighted by Gasteiger charge is -2.34. The van der Waals surface area contributed by atoms with Crippen LogP contribution < -0.4 is 11.1 Å². The van der Waals surface area contributed by atoms with Gasteiger partial charge < -0.3 is 20.9 Å². The molecule has 0 amide bonds. The van der Waals surface area contributed by atoms with E-state index in [0.717, 1.165) is 44.3 Å². The van der Waals surface area contributed by atoms with Gasteiger partial charge in [0.25, 0.3) is 0 Å². The van der Waals surface area contributed by atoms with Crippen molar-refractivity contribution < 1.29 is 0 Å². The Kier molecular flexibility index (Phi) is 8.63. The number of rotatable bonds is 5. The Labute approximate surface area is 175 Å². The second-order valence-electron chi connectivity index (χ2n) is 7.58. The van der Waals surface area contributed by atoms with E-state index in [1.54, 1.807) is 0 Å². The molecule has 0 aromatic heterocycles. The number of hydrogen-bond acceptors (Lipinski definition) is 3. The van der Waals surface area contributed by atoms with Crippen molar-refractivity contribution in [3.05, 3.63) is 29.3 Å². The molecule has 0 spiro atoms. The number of piperidine rings is 1. The molecule has 1 aromatic carbocycles. The summed E-state index contributed by atoms with van der Waals surface area (Å²) >= 11 is 0. The highest BCUT2D eigenvalue weighted by molar-refractivity contribution is 14.0. The van der Waals surface area contributed by atoms with Crippen LogP contribution in [0.3, 0.4) is 0 Å². The summed E-state index contributed by atoms with van der Waals surface area (Å²) in [6, 6.07) is 7.22. The minimum atomic E-state index is 0. The van der Waals surface area contributed by atoms with E-state index in [1.807, 2.05) is 0 Å². The van der Waals surface area contributed by atoms with E-state index in [4.69, 9.17) is 5.73 Å². The van der Waals surface area contributed by atoms with Gasteiger partial charge in [-0.15, -0.1) is 24.0 Å². The average molecular weight is 471 g/mol. The molecule has 26 heavy (non-hydrogen) atoms. The fraction of sp³-hybridized carbons (Fsp3) is 0.650. The lowest BCUT2D eigenvalue weighted by molar-refractivity contribution is 0.148. The van der Waals surface area contributed by atoms with Crippen LogP contribution in [0.15, 0.2) is 23.2 Å². The van der Waals surface area contributed by atoms with Gasteiger partial charge in [0.05, 0.1) is 6.54 Å². The molecular weight excluding hydrogens is 437 g/mol. The van der Waals surface area contributed by atoms with Crippen LogP contribution in [0.2, 0.25) is 0 Å². The highest BCUT2D eigenvalue weighted by atomic mass is 127. The number of aliphatic imine (C=N–C) groups is 1.